The van der Waals surface area contributed by atoms with E-state index in [0.29, 0.717) is 38.4 Å². The van der Waals surface area contributed by atoms with Crippen LogP contribution in [0.3, 0.4) is 0 Å². The number of hydrogen-bond donors (Lipinski definition) is 2. The molecule has 2 aliphatic heterocycles. The van der Waals surface area contributed by atoms with E-state index in [4.69, 9.17) is 5.73 Å². The van der Waals surface area contributed by atoms with Crippen molar-refractivity contribution in [2.75, 3.05) is 26.2 Å². The molecule has 7 nitrogen and oxygen atoms in total. The Kier molecular flexibility index (Phi) is 4.51. The van der Waals surface area contributed by atoms with Gasteiger partial charge >= 0.3 is 6.03 Å². The molecule has 2 fully saturated rings. The van der Waals surface area contributed by atoms with Crippen LogP contribution in [0.25, 0.3) is 0 Å². The van der Waals surface area contributed by atoms with E-state index in [1.807, 2.05) is 13.8 Å². The first kappa shape index (κ1) is 15.8. The Hall–Kier alpha value is -1.63. The Bertz CT molecular complexity index is 448. The number of nitrogens with two attached hydrogens (primary N) is 1. The molecule has 0 aliphatic carbocycles. The van der Waals surface area contributed by atoms with E-state index in [9.17, 15) is 14.4 Å². The number of likely N-dealkylation sites (tertiary alicyclic amines) is 1. The van der Waals surface area contributed by atoms with Gasteiger partial charge in [0.15, 0.2) is 0 Å². The fourth-order valence-corrected chi connectivity index (χ4v) is 3.04. The third-order valence-corrected chi connectivity index (χ3v) is 4.72. The minimum atomic E-state index is -0.845. The first-order valence-electron chi connectivity index (χ1n) is 7.59. The monoisotopic (exact) mass is 296 g/mol. The second-order valence-corrected chi connectivity index (χ2v) is 5.84. The van der Waals surface area contributed by atoms with E-state index in [1.165, 1.54) is 0 Å². The number of urea groups is 1. The average Bonchev–Trinajstić information content (AvgIpc) is 3.05. The number of rotatable bonds is 5. The molecule has 0 aromatic rings. The summed E-state index contributed by atoms with van der Waals surface area (Å²) < 4.78 is 0. The van der Waals surface area contributed by atoms with Gasteiger partial charge in [-0.25, -0.2) is 4.79 Å². The van der Waals surface area contributed by atoms with E-state index in [-0.39, 0.29) is 18.4 Å². The number of amides is 4. The second kappa shape index (κ2) is 6.01. The Labute approximate surface area is 124 Å². The van der Waals surface area contributed by atoms with Crippen LogP contribution in [0.15, 0.2) is 0 Å². The number of carbonyl (C=O) groups excluding carboxylic acids is 3. The minimum absolute atomic E-state index is 0.177. The lowest BCUT2D eigenvalue weighted by Gasteiger charge is -2.24. The first-order valence-corrected chi connectivity index (χ1v) is 7.59. The topological polar surface area (TPSA) is 95.7 Å². The molecule has 2 rings (SSSR count). The number of imide groups is 1. The molecule has 0 radical (unpaired) electrons. The fraction of sp³-hybridized carbons (Fsp3) is 0.786. The highest BCUT2D eigenvalue weighted by atomic mass is 16.2. The summed E-state index contributed by atoms with van der Waals surface area (Å²) in [5, 5.41) is 2.73. The minimum Gasteiger partial charge on any atom is -0.341 e. The van der Waals surface area contributed by atoms with Crippen molar-refractivity contribution in [2.45, 2.75) is 38.6 Å². The Morgan fingerprint density at radius 3 is 2.52 bits per heavy atom. The van der Waals surface area contributed by atoms with E-state index < -0.39 is 11.6 Å². The van der Waals surface area contributed by atoms with Crippen molar-refractivity contribution in [3.05, 3.63) is 0 Å². The number of hydrogen-bond acceptors (Lipinski definition) is 4. The van der Waals surface area contributed by atoms with Gasteiger partial charge in [-0.15, -0.1) is 0 Å². The van der Waals surface area contributed by atoms with Crippen molar-refractivity contribution in [1.29, 1.82) is 0 Å². The van der Waals surface area contributed by atoms with Gasteiger partial charge in [0.05, 0.1) is 0 Å². The molecule has 7 heteroatoms. The molecule has 1 unspecified atom stereocenters. The van der Waals surface area contributed by atoms with E-state index in [2.05, 4.69) is 5.32 Å². The predicted molar refractivity (Wildman–Crippen MR) is 77.3 cm³/mol. The van der Waals surface area contributed by atoms with Gasteiger partial charge in [-0.1, -0.05) is 13.8 Å². The molecule has 2 saturated heterocycles. The smallest absolute Gasteiger partial charge is 0.325 e. The molecule has 1 atom stereocenters. The van der Waals surface area contributed by atoms with Crippen LogP contribution in [0.1, 0.15) is 33.1 Å². The molecule has 0 aromatic heterocycles. The maximum atomic E-state index is 12.4. The Morgan fingerprint density at radius 1 is 1.38 bits per heavy atom. The number of carbonyl (C=O) groups is 3. The SMILES string of the molecule is CCC1(CC)NC(=O)N(CC(=O)N2CCC(CN)C2)C1=O. The Balaban J connectivity index is 2.01. The summed E-state index contributed by atoms with van der Waals surface area (Å²) in [7, 11) is 0. The van der Waals surface area contributed by atoms with Crippen LogP contribution in [0.5, 0.6) is 0 Å². The van der Waals surface area contributed by atoms with Gasteiger partial charge in [0.2, 0.25) is 5.91 Å². The van der Waals surface area contributed by atoms with Gasteiger partial charge in [0.1, 0.15) is 12.1 Å². The molecule has 21 heavy (non-hydrogen) atoms. The van der Waals surface area contributed by atoms with Crippen molar-refractivity contribution in [3.8, 4) is 0 Å². The Morgan fingerprint density at radius 2 is 2.05 bits per heavy atom. The molecule has 0 saturated carbocycles. The zero-order valence-corrected chi connectivity index (χ0v) is 12.7. The van der Waals surface area contributed by atoms with Crippen LogP contribution < -0.4 is 11.1 Å². The fourth-order valence-electron chi connectivity index (χ4n) is 3.04. The lowest BCUT2D eigenvalue weighted by atomic mass is 9.93. The standard InChI is InChI=1S/C14H24N4O3/c1-3-14(4-2)12(20)18(13(21)16-14)9-11(19)17-6-5-10(7-15)8-17/h10H,3-9,15H2,1-2H3,(H,16,21). The predicted octanol–water partition coefficient (Wildman–Crippen LogP) is -0.0958. The lowest BCUT2D eigenvalue weighted by molar-refractivity contribution is -0.138. The van der Waals surface area contributed by atoms with Crippen LogP contribution in [0, 0.1) is 5.92 Å². The van der Waals surface area contributed by atoms with Crippen molar-refractivity contribution in [3.63, 3.8) is 0 Å². The summed E-state index contributed by atoms with van der Waals surface area (Å²) in [5.41, 5.74) is 4.76. The number of nitrogens with one attached hydrogen (secondary N) is 1. The zero-order chi connectivity index (χ0) is 15.6. The zero-order valence-electron chi connectivity index (χ0n) is 12.7. The largest absolute Gasteiger partial charge is 0.341 e. The summed E-state index contributed by atoms with van der Waals surface area (Å²) in [6.45, 7) is 5.37. The summed E-state index contributed by atoms with van der Waals surface area (Å²) in [6, 6.07) is -0.466. The average molecular weight is 296 g/mol. The third-order valence-electron chi connectivity index (χ3n) is 4.72. The van der Waals surface area contributed by atoms with Crippen LogP contribution >= 0.6 is 0 Å². The molecular weight excluding hydrogens is 272 g/mol. The molecule has 2 heterocycles. The molecule has 3 N–H and O–H groups in total. The lowest BCUT2D eigenvalue weighted by Crippen LogP contribution is -2.47. The molecule has 0 aromatic carbocycles. The summed E-state index contributed by atoms with van der Waals surface area (Å²) in [6.07, 6.45) is 1.94. The highest BCUT2D eigenvalue weighted by molar-refractivity contribution is 6.08. The summed E-state index contributed by atoms with van der Waals surface area (Å²) >= 11 is 0. The summed E-state index contributed by atoms with van der Waals surface area (Å²) in [5.74, 6) is -0.152. The van der Waals surface area contributed by atoms with Crippen molar-refractivity contribution in [1.82, 2.24) is 15.1 Å². The highest BCUT2D eigenvalue weighted by Gasteiger charge is 2.49. The van der Waals surface area contributed by atoms with Gasteiger partial charge in [-0.2, -0.15) is 0 Å². The maximum Gasteiger partial charge on any atom is 0.325 e. The maximum absolute atomic E-state index is 12.4. The van der Waals surface area contributed by atoms with Crippen LogP contribution in [-0.2, 0) is 9.59 Å². The molecule has 118 valence electrons. The molecule has 4 amide bonds. The van der Waals surface area contributed by atoms with Gasteiger partial charge in [-0.05, 0) is 31.7 Å². The van der Waals surface area contributed by atoms with Crippen molar-refractivity contribution in [2.24, 2.45) is 11.7 Å². The van der Waals surface area contributed by atoms with Crippen molar-refractivity contribution < 1.29 is 14.4 Å². The van der Waals surface area contributed by atoms with Crippen molar-refractivity contribution >= 4 is 17.8 Å². The van der Waals surface area contributed by atoms with Gasteiger partial charge in [0.25, 0.3) is 5.91 Å². The van der Waals surface area contributed by atoms with E-state index in [0.717, 1.165) is 11.3 Å². The van der Waals surface area contributed by atoms with Gasteiger partial charge < -0.3 is 16.0 Å². The number of nitrogens with zero attached hydrogens (tertiary/aromatic N) is 2. The van der Waals surface area contributed by atoms with Crippen LogP contribution in [0.2, 0.25) is 0 Å². The molecule has 0 bridgehead atoms. The quantitative estimate of drug-likeness (QED) is 0.693. The first-order chi connectivity index (χ1) is 9.97. The van der Waals surface area contributed by atoms with Crippen LogP contribution in [-0.4, -0.2) is 59.4 Å². The summed E-state index contributed by atoms with van der Waals surface area (Å²) in [4.78, 5) is 39.4. The normalized spacial score (nSPS) is 24.6. The molecule has 2 aliphatic rings. The second-order valence-electron chi connectivity index (χ2n) is 5.84. The third kappa shape index (κ3) is 2.74. The van der Waals surface area contributed by atoms with Crippen LogP contribution in [0.4, 0.5) is 4.79 Å². The molecule has 0 spiro atoms. The van der Waals surface area contributed by atoms with E-state index in [1.54, 1.807) is 4.90 Å². The van der Waals surface area contributed by atoms with E-state index >= 15 is 0 Å². The highest BCUT2D eigenvalue weighted by Crippen LogP contribution is 2.25. The van der Waals surface area contributed by atoms with Gasteiger partial charge in [0, 0.05) is 13.1 Å². The van der Waals surface area contributed by atoms with Gasteiger partial charge in [-0.3, -0.25) is 14.5 Å². The molecular formula is C14H24N4O3.